The Balaban J connectivity index is 2.57. The molecule has 0 saturated heterocycles. The topological polar surface area (TPSA) is 131 Å². The highest BCUT2D eigenvalue weighted by Gasteiger charge is 2.19. The summed E-state index contributed by atoms with van der Waals surface area (Å²) in [6, 6.07) is 5.04. The lowest BCUT2D eigenvalue weighted by molar-refractivity contribution is -0.153. The van der Waals surface area contributed by atoms with E-state index < -0.39 is 40.5 Å². The van der Waals surface area contributed by atoms with Crippen molar-refractivity contribution in [2.45, 2.75) is 51.2 Å². The Bertz CT molecular complexity index is 790. The van der Waals surface area contributed by atoms with Gasteiger partial charge in [0.25, 0.3) is 11.8 Å². The van der Waals surface area contributed by atoms with Gasteiger partial charge in [-0.25, -0.2) is 13.1 Å². The van der Waals surface area contributed by atoms with Gasteiger partial charge in [-0.05, 0) is 51.5 Å². The molecule has 9 nitrogen and oxygen atoms in total. The maximum Gasteiger partial charge on any atom is 0.326 e. The zero-order valence-corrected chi connectivity index (χ0v) is 17.3. The number of nitrogens with one attached hydrogen (secondary N) is 3. The monoisotopic (exact) mass is 413 g/mol. The standard InChI is InChI=1S/C18H27N3O6S/c1-5-10-19-17(23)13(4)27-16(22)11-20-18(24)14-6-8-15(9-7-14)28(25,26)21-12(2)3/h6-9,12-13,21H,5,10-11H2,1-4H3,(H,19,23)(H,20,24)/t13-/m1/s1. The van der Waals surface area contributed by atoms with Crippen LogP contribution in [0.5, 0.6) is 0 Å². The number of esters is 1. The molecule has 0 unspecified atom stereocenters. The number of amides is 2. The molecule has 0 aliphatic heterocycles. The fourth-order valence-corrected chi connectivity index (χ4v) is 3.35. The minimum atomic E-state index is -3.65. The first kappa shape index (κ1) is 23.6. The highest BCUT2D eigenvalue weighted by atomic mass is 32.2. The quantitative estimate of drug-likeness (QED) is 0.481. The zero-order chi connectivity index (χ0) is 21.3. The van der Waals surface area contributed by atoms with E-state index >= 15 is 0 Å². The Kier molecular flexibility index (Phi) is 9.07. The first-order chi connectivity index (χ1) is 13.1. The molecule has 1 aromatic carbocycles. The van der Waals surface area contributed by atoms with Crippen LogP contribution in [0.3, 0.4) is 0 Å². The van der Waals surface area contributed by atoms with E-state index in [9.17, 15) is 22.8 Å². The van der Waals surface area contributed by atoms with Gasteiger partial charge in [0.2, 0.25) is 10.0 Å². The second-order valence-corrected chi connectivity index (χ2v) is 8.12. The molecule has 0 aromatic heterocycles. The van der Waals surface area contributed by atoms with Crippen LogP contribution in [0, 0.1) is 0 Å². The summed E-state index contributed by atoms with van der Waals surface area (Å²) in [5.74, 6) is -1.73. The molecule has 0 aliphatic carbocycles. The van der Waals surface area contributed by atoms with Crippen molar-refractivity contribution >= 4 is 27.8 Å². The number of carbonyl (C=O) groups is 3. The van der Waals surface area contributed by atoms with Crippen LogP contribution in [0.4, 0.5) is 0 Å². The van der Waals surface area contributed by atoms with E-state index in [1.165, 1.54) is 31.2 Å². The van der Waals surface area contributed by atoms with Gasteiger partial charge >= 0.3 is 5.97 Å². The average molecular weight is 413 g/mol. The molecule has 156 valence electrons. The lowest BCUT2D eigenvalue weighted by atomic mass is 10.2. The van der Waals surface area contributed by atoms with Crippen molar-refractivity contribution in [1.29, 1.82) is 0 Å². The number of carbonyl (C=O) groups excluding carboxylic acids is 3. The Labute approximate surface area is 165 Å². The number of rotatable bonds is 10. The van der Waals surface area contributed by atoms with Crippen LogP contribution in [0.25, 0.3) is 0 Å². The van der Waals surface area contributed by atoms with E-state index in [1.807, 2.05) is 6.92 Å². The van der Waals surface area contributed by atoms with E-state index in [0.29, 0.717) is 6.54 Å². The van der Waals surface area contributed by atoms with Crippen LogP contribution < -0.4 is 15.4 Å². The number of hydrogen-bond acceptors (Lipinski definition) is 6. The van der Waals surface area contributed by atoms with Crippen LogP contribution >= 0.6 is 0 Å². The fourth-order valence-electron chi connectivity index (χ4n) is 2.10. The molecular weight excluding hydrogens is 386 g/mol. The first-order valence-electron chi connectivity index (χ1n) is 8.94. The second-order valence-electron chi connectivity index (χ2n) is 6.41. The predicted octanol–water partition coefficient (Wildman–Crippen LogP) is 0.561. The third-order valence-corrected chi connectivity index (χ3v) is 5.11. The number of benzene rings is 1. The van der Waals surface area contributed by atoms with Gasteiger partial charge < -0.3 is 15.4 Å². The van der Waals surface area contributed by atoms with Crippen molar-refractivity contribution in [3.05, 3.63) is 29.8 Å². The number of hydrogen-bond donors (Lipinski definition) is 3. The van der Waals surface area contributed by atoms with Crippen LogP contribution in [0.1, 0.15) is 44.5 Å². The summed E-state index contributed by atoms with van der Waals surface area (Å²) in [6.45, 7) is 6.80. The molecule has 0 aliphatic rings. The van der Waals surface area contributed by atoms with Gasteiger partial charge in [0.15, 0.2) is 6.10 Å². The summed E-state index contributed by atoms with van der Waals surface area (Å²) in [6.07, 6.45) is -0.204. The molecule has 0 bridgehead atoms. The third kappa shape index (κ3) is 7.65. The maximum atomic E-state index is 12.1. The third-order valence-electron chi connectivity index (χ3n) is 3.44. The number of ether oxygens (including phenoxy) is 1. The van der Waals surface area contributed by atoms with Crippen molar-refractivity contribution in [1.82, 2.24) is 15.4 Å². The van der Waals surface area contributed by atoms with E-state index in [-0.39, 0.29) is 16.5 Å². The highest BCUT2D eigenvalue weighted by Crippen LogP contribution is 2.11. The van der Waals surface area contributed by atoms with Crippen molar-refractivity contribution in [2.75, 3.05) is 13.1 Å². The average Bonchev–Trinajstić information content (AvgIpc) is 2.63. The summed E-state index contributed by atoms with van der Waals surface area (Å²) in [4.78, 5) is 35.5. The predicted molar refractivity (Wildman–Crippen MR) is 103 cm³/mol. The van der Waals surface area contributed by atoms with E-state index in [1.54, 1.807) is 13.8 Å². The summed E-state index contributed by atoms with van der Waals surface area (Å²) in [7, 11) is -3.65. The molecule has 10 heteroatoms. The smallest absolute Gasteiger partial charge is 0.326 e. The Morgan fingerprint density at radius 3 is 2.18 bits per heavy atom. The Morgan fingerprint density at radius 1 is 1.04 bits per heavy atom. The lowest BCUT2D eigenvalue weighted by Crippen LogP contribution is -2.39. The van der Waals surface area contributed by atoms with Crippen molar-refractivity contribution in [3.63, 3.8) is 0 Å². The summed E-state index contributed by atoms with van der Waals surface area (Å²) < 4.78 is 31.5. The normalized spacial score (nSPS) is 12.3. The minimum Gasteiger partial charge on any atom is -0.451 e. The molecule has 28 heavy (non-hydrogen) atoms. The highest BCUT2D eigenvalue weighted by molar-refractivity contribution is 7.89. The zero-order valence-electron chi connectivity index (χ0n) is 16.4. The van der Waals surface area contributed by atoms with Gasteiger partial charge in [0, 0.05) is 18.2 Å². The van der Waals surface area contributed by atoms with Crippen LogP contribution in [0.2, 0.25) is 0 Å². The SMILES string of the molecule is CCCNC(=O)[C@@H](C)OC(=O)CNC(=O)c1ccc(S(=O)(=O)NC(C)C)cc1. The molecule has 0 saturated carbocycles. The molecule has 0 fully saturated rings. The molecular formula is C18H27N3O6S. The Morgan fingerprint density at radius 2 is 1.64 bits per heavy atom. The van der Waals surface area contributed by atoms with E-state index in [4.69, 9.17) is 4.74 Å². The van der Waals surface area contributed by atoms with Crippen LogP contribution in [-0.2, 0) is 24.3 Å². The van der Waals surface area contributed by atoms with Crippen molar-refractivity contribution in [3.8, 4) is 0 Å². The summed E-state index contributed by atoms with van der Waals surface area (Å²) in [5.41, 5.74) is 0.185. The second kappa shape index (κ2) is 10.8. The molecule has 0 radical (unpaired) electrons. The summed E-state index contributed by atoms with van der Waals surface area (Å²) in [5, 5.41) is 4.97. The van der Waals surface area contributed by atoms with Gasteiger partial charge in [-0.15, -0.1) is 0 Å². The molecule has 0 spiro atoms. The van der Waals surface area contributed by atoms with Crippen molar-refractivity contribution in [2.24, 2.45) is 0 Å². The number of sulfonamides is 1. The van der Waals surface area contributed by atoms with E-state index in [0.717, 1.165) is 6.42 Å². The molecule has 3 N–H and O–H groups in total. The molecule has 1 rings (SSSR count). The molecule has 0 heterocycles. The van der Waals surface area contributed by atoms with Gasteiger partial charge in [0.1, 0.15) is 6.54 Å². The van der Waals surface area contributed by atoms with Gasteiger partial charge in [-0.3, -0.25) is 14.4 Å². The van der Waals surface area contributed by atoms with Crippen molar-refractivity contribution < 1.29 is 27.5 Å². The fraction of sp³-hybridized carbons (Fsp3) is 0.500. The first-order valence-corrected chi connectivity index (χ1v) is 10.4. The molecule has 1 atom stereocenters. The van der Waals surface area contributed by atoms with Gasteiger partial charge in [0.05, 0.1) is 4.90 Å². The summed E-state index contributed by atoms with van der Waals surface area (Å²) >= 11 is 0. The van der Waals surface area contributed by atoms with Crippen LogP contribution in [0.15, 0.2) is 29.2 Å². The van der Waals surface area contributed by atoms with E-state index in [2.05, 4.69) is 15.4 Å². The van der Waals surface area contributed by atoms with Gasteiger partial charge in [-0.2, -0.15) is 0 Å². The Hall–Kier alpha value is -2.46. The largest absolute Gasteiger partial charge is 0.451 e. The minimum absolute atomic E-state index is 0.0316. The molecule has 1 aromatic rings. The van der Waals surface area contributed by atoms with Crippen LogP contribution in [-0.4, -0.2) is 51.4 Å². The van der Waals surface area contributed by atoms with Gasteiger partial charge in [-0.1, -0.05) is 6.92 Å². The lowest BCUT2D eigenvalue weighted by Gasteiger charge is -2.13. The maximum absolute atomic E-state index is 12.1. The molecule has 2 amide bonds.